The van der Waals surface area contributed by atoms with Gasteiger partial charge in [0.15, 0.2) is 0 Å². The van der Waals surface area contributed by atoms with E-state index in [4.69, 9.17) is 4.74 Å². The molecule has 1 unspecified atom stereocenters. The van der Waals surface area contributed by atoms with Gasteiger partial charge in [0.2, 0.25) is 0 Å². The van der Waals surface area contributed by atoms with Gasteiger partial charge in [-0.25, -0.2) is 0 Å². The van der Waals surface area contributed by atoms with Gasteiger partial charge in [-0.05, 0) is 48.8 Å². The fourth-order valence-corrected chi connectivity index (χ4v) is 2.73. The number of hydrogen-bond acceptors (Lipinski definition) is 3. The zero-order valence-electron chi connectivity index (χ0n) is 14.0. The van der Waals surface area contributed by atoms with Crippen LogP contribution < -0.4 is 17.1 Å². The second kappa shape index (κ2) is 10.5. The lowest BCUT2D eigenvalue weighted by atomic mass is 10.1. The minimum absolute atomic E-state index is 0. The molecule has 0 radical (unpaired) electrons. The van der Waals surface area contributed by atoms with Crippen molar-refractivity contribution >= 4 is 10.8 Å². The van der Waals surface area contributed by atoms with E-state index in [1.807, 2.05) is 24.3 Å². The van der Waals surface area contributed by atoms with Crippen molar-refractivity contribution in [3.05, 3.63) is 42.5 Å². The molecule has 2 aromatic rings. The Hall–Kier alpha value is -1.29. The van der Waals surface area contributed by atoms with Gasteiger partial charge in [-0.3, -0.25) is 0 Å². The number of rotatable bonds is 9. The average Bonchev–Trinajstić information content (AvgIpc) is 2.53. The van der Waals surface area contributed by atoms with Crippen LogP contribution in [0.4, 0.5) is 0 Å². The van der Waals surface area contributed by atoms with E-state index in [0.717, 1.165) is 37.1 Å². The lowest BCUT2D eigenvalue weighted by Crippen LogP contribution is -3.00. The molecule has 4 heteroatoms. The highest BCUT2D eigenvalue weighted by Gasteiger charge is 2.11. The van der Waals surface area contributed by atoms with Crippen LogP contribution in [0.1, 0.15) is 26.7 Å². The molecule has 1 N–H and O–H groups in total. The Labute approximate surface area is 145 Å². The Morgan fingerprint density at radius 3 is 2.30 bits per heavy atom. The molecular formula is C19H27ClNO2-. The number of ether oxygens (including phenoxy) is 1. The zero-order chi connectivity index (χ0) is 15.8. The van der Waals surface area contributed by atoms with Gasteiger partial charge in [0.25, 0.3) is 0 Å². The first kappa shape index (κ1) is 19.8. The van der Waals surface area contributed by atoms with Gasteiger partial charge in [0.1, 0.15) is 18.5 Å². The molecule has 1 atom stereocenters. The highest BCUT2D eigenvalue weighted by molar-refractivity contribution is 5.83. The van der Waals surface area contributed by atoms with Crippen molar-refractivity contribution < 1.29 is 22.3 Å². The van der Waals surface area contributed by atoms with Crippen LogP contribution in [-0.2, 0) is 0 Å². The number of hydrogen-bond donors (Lipinski definition) is 1. The first-order valence-electron chi connectivity index (χ1n) is 8.25. The summed E-state index contributed by atoms with van der Waals surface area (Å²) in [6.07, 6.45) is 1.76. The highest BCUT2D eigenvalue weighted by Crippen LogP contribution is 2.20. The maximum absolute atomic E-state index is 10.2. The van der Waals surface area contributed by atoms with Crippen molar-refractivity contribution in [1.82, 2.24) is 4.90 Å². The van der Waals surface area contributed by atoms with Crippen molar-refractivity contribution in [2.24, 2.45) is 0 Å². The van der Waals surface area contributed by atoms with Gasteiger partial charge in [-0.2, -0.15) is 0 Å². The summed E-state index contributed by atoms with van der Waals surface area (Å²) < 4.78 is 5.76. The molecule has 0 aliphatic carbocycles. The molecule has 0 spiro atoms. The molecular weight excluding hydrogens is 310 g/mol. The van der Waals surface area contributed by atoms with E-state index in [2.05, 4.69) is 36.9 Å². The van der Waals surface area contributed by atoms with E-state index in [-0.39, 0.29) is 12.4 Å². The molecule has 0 saturated carbocycles. The van der Waals surface area contributed by atoms with E-state index in [0.29, 0.717) is 13.2 Å². The quantitative estimate of drug-likeness (QED) is 0.732. The molecule has 128 valence electrons. The van der Waals surface area contributed by atoms with Crippen molar-refractivity contribution in [2.75, 3.05) is 26.2 Å². The molecule has 0 amide bonds. The number of benzene rings is 2. The molecule has 0 aromatic heterocycles. The summed E-state index contributed by atoms with van der Waals surface area (Å²) in [5, 5.41) is 12.5. The molecule has 0 aliphatic rings. The predicted octanol–water partition coefficient (Wildman–Crippen LogP) is 0.706. The number of aliphatic hydroxyl groups is 1. The molecule has 0 heterocycles. The molecule has 0 fully saturated rings. The van der Waals surface area contributed by atoms with Gasteiger partial charge in [0, 0.05) is 6.54 Å². The van der Waals surface area contributed by atoms with Crippen molar-refractivity contribution in [2.45, 2.75) is 32.8 Å². The van der Waals surface area contributed by atoms with E-state index in [9.17, 15) is 5.11 Å². The molecule has 0 aliphatic heterocycles. The van der Waals surface area contributed by atoms with Gasteiger partial charge in [-0.15, -0.1) is 0 Å². The van der Waals surface area contributed by atoms with Gasteiger partial charge in [0.05, 0.1) is 0 Å². The zero-order valence-corrected chi connectivity index (χ0v) is 14.8. The summed E-state index contributed by atoms with van der Waals surface area (Å²) >= 11 is 0. The topological polar surface area (TPSA) is 32.7 Å². The third-order valence-electron chi connectivity index (χ3n) is 3.71. The third-order valence-corrected chi connectivity index (χ3v) is 3.71. The predicted molar refractivity (Wildman–Crippen MR) is 92.5 cm³/mol. The first-order chi connectivity index (χ1) is 10.7. The number of aliphatic hydroxyl groups excluding tert-OH is 1. The van der Waals surface area contributed by atoms with E-state index >= 15 is 0 Å². The second-order valence-electron chi connectivity index (χ2n) is 5.77. The largest absolute Gasteiger partial charge is 1.00 e. The lowest BCUT2D eigenvalue weighted by molar-refractivity contribution is -0.00000696. The Balaban J connectivity index is 0.00000264. The van der Waals surface area contributed by atoms with Crippen molar-refractivity contribution in [3.63, 3.8) is 0 Å². The SMILES string of the molecule is CCCN(CCC)CC(O)COc1ccc2ccccc2c1.[Cl-]. The molecule has 0 bridgehead atoms. The minimum atomic E-state index is -0.454. The van der Waals surface area contributed by atoms with Gasteiger partial charge < -0.3 is 27.2 Å². The van der Waals surface area contributed by atoms with E-state index in [1.165, 1.54) is 5.39 Å². The molecule has 0 saturated heterocycles. The fraction of sp³-hybridized carbons (Fsp3) is 0.474. The standard InChI is InChI=1S/C19H27NO2.ClH/c1-3-11-20(12-4-2)14-18(21)15-22-19-10-9-16-7-5-6-8-17(16)13-19;/h5-10,13,18,21H,3-4,11-12,14-15H2,1-2H3;1H/p-1. The maximum atomic E-state index is 10.2. The highest BCUT2D eigenvalue weighted by atomic mass is 35.5. The van der Waals surface area contributed by atoms with Crippen LogP contribution in [0.2, 0.25) is 0 Å². The maximum Gasteiger partial charge on any atom is 0.120 e. The summed E-state index contributed by atoms with van der Waals surface area (Å²) in [6.45, 7) is 7.40. The summed E-state index contributed by atoms with van der Waals surface area (Å²) in [5.41, 5.74) is 0. The van der Waals surface area contributed by atoms with Crippen molar-refractivity contribution in [3.8, 4) is 5.75 Å². The van der Waals surface area contributed by atoms with E-state index < -0.39 is 6.10 Å². The van der Waals surface area contributed by atoms with E-state index in [1.54, 1.807) is 0 Å². The Morgan fingerprint density at radius 1 is 1.00 bits per heavy atom. The van der Waals surface area contributed by atoms with Crippen LogP contribution in [-0.4, -0.2) is 42.4 Å². The van der Waals surface area contributed by atoms with Gasteiger partial charge in [-0.1, -0.05) is 44.2 Å². The summed E-state index contributed by atoms with van der Waals surface area (Å²) in [4.78, 5) is 2.30. The van der Waals surface area contributed by atoms with Crippen LogP contribution in [0.3, 0.4) is 0 Å². The monoisotopic (exact) mass is 336 g/mol. The van der Waals surface area contributed by atoms with Crippen LogP contribution in [0.5, 0.6) is 5.75 Å². The molecule has 2 rings (SSSR count). The second-order valence-corrected chi connectivity index (χ2v) is 5.77. The lowest BCUT2D eigenvalue weighted by Gasteiger charge is -2.24. The summed E-state index contributed by atoms with van der Waals surface area (Å²) in [5.74, 6) is 0.815. The smallest absolute Gasteiger partial charge is 0.120 e. The molecule has 23 heavy (non-hydrogen) atoms. The summed E-state index contributed by atoms with van der Waals surface area (Å²) in [6, 6.07) is 14.3. The van der Waals surface area contributed by atoms with Crippen molar-refractivity contribution in [1.29, 1.82) is 0 Å². The summed E-state index contributed by atoms with van der Waals surface area (Å²) in [7, 11) is 0. The number of fused-ring (bicyclic) bond motifs is 1. The third kappa shape index (κ3) is 6.38. The number of halogens is 1. The van der Waals surface area contributed by atoms with Crippen LogP contribution in [0, 0.1) is 0 Å². The Morgan fingerprint density at radius 2 is 1.65 bits per heavy atom. The Bertz CT molecular complexity index is 570. The van der Waals surface area contributed by atoms with Crippen LogP contribution in [0.25, 0.3) is 10.8 Å². The molecule has 2 aromatic carbocycles. The number of nitrogens with zero attached hydrogens (tertiary/aromatic N) is 1. The van der Waals surface area contributed by atoms with Gasteiger partial charge >= 0.3 is 0 Å². The van der Waals surface area contributed by atoms with Crippen LogP contribution in [0.15, 0.2) is 42.5 Å². The first-order valence-corrected chi connectivity index (χ1v) is 8.25. The van der Waals surface area contributed by atoms with Crippen LogP contribution >= 0.6 is 0 Å². The fourth-order valence-electron chi connectivity index (χ4n) is 2.73. The minimum Gasteiger partial charge on any atom is -1.00 e. The average molecular weight is 337 g/mol. The normalized spacial score (nSPS) is 12.2. The Kier molecular flexibility index (Phi) is 9.00. The molecule has 3 nitrogen and oxygen atoms in total.